The molecule has 0 aliphatic carbocycles. The summed E-state index contributed by atoms with van der Waals surface area (Å²) in [5.74, 6) is 5.66. The van der Waals surface area contributed by atoms with E-state index in [0.29, 0.717) is 23.2 Å². The maximum atomic E-state index is 13.2. The maximum Gasteiger partial charge on any atom is 0.251 e. The van der Waals surface area contributed by atoms with Crippen molar-refractivity contribution in [1.29, 1.82) is 0 Å². The predicted molar refractivity (Wildman–Crippen MR) is 120 cm³/mol. The molecule has 4 aromatic rings. The maximum absolute atomic E-state index is 13.2. The van der Waals surface area contributed by atoms with Crippen LogP contribution in [0.25, 0.3) is 5.69 Å². The number of hydrogen-bond donors (Lipinski definition) is 1. The van der Waals surface area contributed by atoms with Crippen LogP contribution in [0.5, 0.6) is 0 Å². The van der Waals surface area contributed by atoms with Crippen LogP contribution in [0.3, 0.4) is 0 Å². The van der Waals surface area contributed by atoms with E-state index in [2.05, 4.69) is 27.4 Å². The van der Waals surface area contributed by atoms with E-state index < -0.39 is 0 Å². The number of benzene rings is 2. The lowest BCUT2D eigenvalue weighted by Gasteiger charge is -2.09. The van der Waals surface area contributed by atoms with Gasteiger partial charge >= 0.3 is 0 Å². The Bertz CT molecular complexity index is 1260. The molecule has 160 valence electrons. The zero-order valence-electron chi connectivity index (χ0n) is 17.6. The molecule has 4 rings (SSSR count). The summed E-state index contributed by atoms with van der Waals surface area (Å²) in [7, 11) is 1.88. The fraction of sp³-hybridized carbons (Fsp3) is 0.160. The van der Waals surface area contributed by atoms with E-state index in [9.17, 15) is 9.18 Å². The normalized spacial score (nSPS) is 10.4. The van der Waals surface area contributed by atoms with Gasteiger partial charge in [-0.1, -0.05) is 11.8 Å². The van der Waals surface area contributed by atoms with Crippen LogP contribution in [0.1, 0.15) is 33.5 Å². The number of nitrogens with zero attached hydrogens (tertiary/aromatic N) is 4. The van der Waals surface area contributed by atoms with E-state index in [1.807, 2.05) is 37.8 Å². The van der Waals surface area contributed by atoms with Gasteiger partial charge in [-0.05, 0) is 66.9 Å². The lowest BCUT2D eigenvalue weighted by atomic mass is 10.1. The van der Waals surface area contributed by atoms with Crippen LogP contribution in [-0.2, 0) is 13.5 Å². The van der Waals surface area contributed by atoms with Gasteiger partial charge in [-0.2, -0.15) is 10.2 Å². The second-order valence-electron chi connectivity index (χ2n) is 7.32. The molecule has 1 amide bonds. The molecule has 0 fully saturated rings. The number of aromatic nitrogens is 4. The Morgan fingerprint density at radius 1 is 1.12 bits per heavy atom. The fourth-order valence-corrected chi connectivity index (χ4v) is 3.26. The number of carbonyl (C=O) groups is 1. The first-order valence-corrected chi connectivity index (χ1v) is 10.3. The smallest absolute Gasteiger partial charge is 0.251 e. The first-order valence-electron chi connectivity index (χ1n) is 10.3. The third kappa shape index (κ3) is 5.29. The number of carbonyl (C=O) groups excluding carboxylic acids is 1. The van der Waals surface area contributed by atoms with Crippen molar-refractivity contribution in [3.63, 3.8) is 0 Å². The van der Waals surface area contributed by atoms with Crippen LogP contribution in [0.4, 0.5) is 4.39 Å². The summed E-state index contributed by atoms with van der Waals surface area (Å²) in [6.07, 6.45) is 8.97. The first kappa shape index (κ1) is 21.1. The van der Waals surface area contributed by atoms with Crippen LogP contribution < -0.4 is 5.32 Å². The van der Waals surface area contributed by atoms with Crippen LogP contribution in [0, 0.1) is 17.7 Å². The molecule has 0 atom stereocenters. The second kappa shape index (κ2) is 9.75. The monoisotopic (exact) mass is 427 g/mol. The molecule has 6 nitrogen and oxygen atoms in total. The first-order chi connectivity index (χ1) is 15.6. The molecule has 0 radical (unpaired) electrons. The highest BCUT2D eigenvalue weighted by Gasteiger charge is 2.10. The summed E-state index contributed by atoms with van der Waals surface area (Å²) in [5.41, 5.74) is 3.76. The van der Waals surface area contributed by atoms with E-state index in [1.165, 1.54) is 12.1 Å². The van der Waals surface area contributed by atoms with Gasteiger partial charge in [0.2, 0.25) is 0 Å². The Morgan fingerprint density at radius 2 is 1.97 bits per heavy atom. The Balaban J connectivity index is 1.49. The third-order valence-corrected chi connectivity index (χ3v) is 4.88. The average Bonchev–Trinajstić information content (AvgIpc) is 3.48. The molecule has 1 N–H and O–H groups in total. The van der Waals surface area contributed by atoms with Crippen molar-refractivity contribution in [3.8, 4) is 17.5 Å². The highest BCUT2D eigenvalue weighted by molar-refractivity contribution is 5.95. The summed E-state index contributed by atoms with van der Waals surface area (Å²) in [5, 5.41) is 11.4. The summed E-state index contributed by atoms with van der Waals surface area (Å²) in [6, 6.07) is 13.1. The van der Waals surface area contributed by atoms with E-state index >= 15 is 0 Å². The Hall–Kier alpha value is -4.18. The molecule has 0 bridgehead atoms. The molecule has 2 heterocycles. The molecule has 7 heteroatoms. The summed E-state index contributed by atoms with van der Waals surface area (Å²) < 4.78 is 16.6. The van der Waals surface area contributed by atoms with E-state index in [4.69, 9.17) is 0 Å². The highest BCUT2D eigenvalue weighted by atomic mass is 19.1. The summed E-state index contributed by atoms with van der Waals surface area (Å²) >= 11 is 0. The van der Waals surface area contributed by atoms with Crippen LogP contribution in [-0.4, -0.2) is 32.0 Å². The van der Waals surface area contributed by atoms with Crippen molar-refractivity contribution in [3.05, 3.63) is 101 Å². The lowest BCUT2D eigenvalue weighted by Crippen LogP contribution is -2.25. The van der Waals surface area contributed by atoms with Crippen molar-refractivity contribution >= 4 is 5.91 Å². The van der Waals surface area contributed by atoms with E-state index in [0.717, 1.165) is 24.1 Å². The molecule has 0 aliphatic rings. The Labute approximate surface area is 185 Å². The minimum atomic E-state index is -0.310. The summed E-state index contributed by atoms with van der Waals surface area (Å²) in [4.78, 5) is 12.7. The van der Waals surface area contributed by atoms with Crippen LogP contribution >= 0.6 is 0 Å². The molecule has 0 unspecified atom stereocenters. The summed E-state index contributed by atoms with van der Waals surface area (Å²) in [6.45, 7) is 0.561. The molecular weight excluding hydrogens is 405 g/mol. The van der Waals surface area contributed by atoms with Crippen molar-refractivity contribution in [2.24, 2.45) is 7.05 Å². The minimum absolute atomic E-state index is 0.159. The topological polar surface area (TPSA) is 64.7 Å². The molecule has 0 saturated carbocycles. The number of nitrogens with one attached hydrogen (secondary N) is 1. The zero-order valence-corrected chi connectivity index (χ0v) is 17.6. The van der Waals surface area contributed by atoms with Crippen LogP contribution in [0.2, 0.25) is 0 Å². The lowest BCUT2D eigenvalue weighted by molar-refractivity contribution is 0.0953. The van der Waals surface area contributed by atoms with Gasteiger partial charge in [0.25, 0.3) is 5.91 Å². The van der Waals surface area contributed by atoms with E-state index in [1.54, 1.807) is 39.8 Å². The molecule has 2 aromatic heterocycles. The van der Waals surface area contributed by atoms with E-state index in [-0.39, 0.29) is 11.7 Å². The van der Waals surface area contributed by atoms with Crippen molar-refractivity contribution in [2.45, 2.75) is 12.8 Å². The molecular formula is C25H22FN5O. The van der Waals surface area contributed by atoms with Gasteiger partial charge in [0.15, 0.2) is 0 Å². The standard InChI is InChI=1S/C25H22FN5O/c1-30-18-20(17-29-30)4-2-13-27-25(32)22-9-12-24(31-15-3-14-28-31)21(16-22)8-5-19-6-10-23(26)11-7-19/h3,6-7,9-12,14-18H,2,4,13H2,1H3,(H,27,32). The largest absolute Gasteiger partial charge is 0.352 e. The number of hydrogen-bond acceptors (Lipinski definition) is 3. The molecule has 0 saturated heterocycles. The van der Waals surface area contributed by atoms with Gasteiger partial charge < -0.3 is 5.32 Å². The zero-order chi connectivity index (χ0) is 22.3. The molecule has 0 spiro atoms. The fourth-order valence-electron chi connectivity index (χ4n) is 3.26. The Kier molecular flexibility index (Phi) is 6.42. The van der Waals surface area contributed by atoms with Gasteiger partial charge in [0, 0.05) is 43.3 Å². The predicted octanol–water partition coefficient (Wildman–Crippen LogP) is 3.51. The SMILES string of the molecule is Cn1cc(CCCNC(=O)c2ccc(-n3cccn3)c(C#Cc3ccc(F)cc3)c2)cn1. The highest BCUT2D eigenvalue weighted by Crippen LogP contribution is 2.16. The number of halogens is 1. The molecule has 0 aliphatic heterocycles. The van der Waals surface area contributed by atoms with Crippen molar-refractivity contribution in [2.75, 3.05) is 6.54 Å². The minimum Gasteiger partial charge on any atom is -0.352 e. The van der Waals surface area contributed by atoms with Gasteiger partial charge in [-0.3, -0.25) is 9.48 Å². The number of amides is 1. The van der Waals surface area contributed by atoms with Gasteiger partial charge in [-0.15, -0.1) is 0 Å². The molecule has 32 heavy (non-hydrogen) atoms. The van der Waals surface area contributed by atoms with Gasteiger partial charge in [0.1, 0.15) is 5.82 Å². The molecule has 2 aromatic carbocycles. The third-order valence-electron chi connectivity index (χ3n) is 4.88. The van der Waals surface area contributed by atoms with Gasteiger partial charge in [-0.25, -0.2) is 9.07 Å². The van der Waals surface area contributed by atoms with Crippen LogP contribution in [0.15, 0.2) is 73.3 Å². The number of aryl methyl sites for hydroxylation is 2. The Morgan fingerprint density at radius 3 is 2.69 bits per heavy atom. The average molecular weight is 427 g/mol. The number of rotatable bonds is 6. The van der Waals surface area contributed by atoms with Gasteiger partial charge in [0.05, 0.1) is 17.4 Å². The second-order valence-corrected chi connectivity index (χ2v) is 7.32. The van der Waals surface area contributed by atoms with Crippen molar-refractivity contribution < 1.29 is 9.18 Å². The van der Waals surface area contributed by atoms with Crippen molar-refractivity contribution in [1.82, 2.24) is 24.9 Å². The quantitative estimate of drug-likeness (QED) is 0.378.